The zero-order valence-electron chi connectivity index (χ0n) is 11.8. The quantitative estimate of drug-likeness (QED) is 0.650. The summed E-state index contributed by atoms with van der Waals surface area (Å²) >= 11 is 0. The molecule has 0 radical (unpaired) electrons. The fourth-order valence-electron chi connectivity index (χ4n) is 0.905. The molecule has 0 aromatic heterocycles. The van der Waals surface area contributed by atoms with Crippen LogP contribution >= 0.6 is 0 Å². The average Bonchev–Trinajstić information content (AvgIpc) is 1.92. The largest absolute Gasteiger partial charge is 0.444 e. The maximum atomic E-state index is 11.3. The molecule has 0 unspecified atom stereocenters. The smallest absolute Gasteiger partial charge is 0.410 e. The number of alkyl carbamates (subject to hydrolysis) is 2. The van der Waals surface area contributed by atoms with Crippen molar-refractivity contribution in [3.8, 4) is 0 Å². The molecule has 0 saturated heterocycles. The first-order chi connectivity index (χ1) is 7.89. The van der Waals surface area contributed by atoms with E-state index < -0.39 is 29.7 Å². The Balaban J connectivity index is 4.08. The number of nitrogens with two attached hydrogens (primary N) is 1. The van der Waals surface area contributed by atoms with E-state index in [9.17, 15) is 9.59 Å². The molecule has 0 aliphatic carbocycles. The molecule has 0 saturated carbocycles. The number of hydrogen-bond acceptors (Lipinski definition) is 5. The molecule has 2 amide bonds. The second kappa shape index (κ2) is 5.90. The summed E-state index contributed by atoms with van der Waals surface area (Å²) in [6, 6.07) is 0. The van der Waals surface area contributed by atoms with E-state index in [0.29, 0.717) is 0 Å². The molecule has 0 aromatic rings. The van der Waals surface area contributed by atoms with E-state index in [-0.39, 0.29) is 0 Å². The number of carbonyl (C=O) groups excluding carboxylic acids is 2. The third-order valence-electron chi connectivity index (χ3n) is 1.34. The van der Waals surface area contributed by atoms with E-state index in [1.807, 2.05) is 0 Å². The third kappa shape index (κ3) is 9.71. The van der Waals surface area contributed by atoms with Crippen molar-refractivity contribution in [1.29, 1.82) is 0 Å². The first kappa shape index (κ1) is 16.5. The lowest BCUT2D eigenvalue weighted by Gasteiger charge is -2.24. The summed E-state index contributed by atoms with van der Waals surface area (Å²) in [4.78, 5) is 22.7. The molecule has 4 N–H and O–H groups in total. The zero-order chi connectivity index (χ0) is 14.6. The van der Waals surface area contributed by atoms with Gasteiger partial charge in [0, 0.05) is 0 Å². The monoisotopic (exact) mass is 261 g/mol. The lowest BCUT2D eigenvalue weighted by atomic mass is 10.2. The molecule has 0 aliphatic heterocycles. The van der Waals surface area contributed by atoms with Gasteiger partial charge in [0.2, 0.25) is 0 Å². The van der Waals surface area contributed by atoms with Crippen LogP contribution in [0.4, 0.5) is 9.59 Å². The van der Waals surface area contributed by atoms with Gasteiger partial charge in [0.25, 0.3) is 0 Å². The van der Waals surface area contributed by atoms with E-state index in [0.717, 1.165) is 0 Å². The van der Waals surface area contributed by atoms with Crippen molar-refractivity contribution in [2.45, 2.75) is 59.0 Å². The van der Waals surface area contributed by atoms with Gasteiger partial charge < -0.3 is 9.47 Å². The fraction of sp³-hybridized carbons (Fsp3) is 0.818. The van der Waals surface area contributed by atoms with Crippen LogP contribution in [0.2, 0.25) is 0 Å². The number of rotatable bonds is 2. The van der Waals surface area contributed by atoms with Crippen LogP contribution in [0.1, 0.15) is 41.5 Å². The first-order valence-electron chi connectivity index (χ1n) is 5.64. The van der Waals surface area contributed by atoms with Crippen molar-refractivity contribution < 1.29 is 19.1 Å². The topological polar surface area (TPSA) is 103 Å². The molecular weight excluding hydrogens is 238 g/mol. The molecule has 0 spiro atoms. The van der Waals surface area contributed by atoms with Crippen molar-refractivity contribution in [2.75, 3.05) is 0 Å². The SMILES string of the molecule is CC(C)(C)OC(=O)NC(N)NC(=O)OC(C)(C)C. The highest BCUT2D eigenvalue weighted by Gasteiger charge is 2.21. The summed E-state index contributed by atoms with van der Waals surface area (Å²) in [7, 11) is 0. The van der Waals surface area contributed by atoms with Crippen LogP contribution in [0.25, 0.3) is 0 Å². The van der Waals surface area contributed by atoms with Gasteiger partial charge in [-0.15, -0.1) is 0 Å². The summed E-state index contributed by atoms with van der Waals surface area (Å²) in [5, 5.41) is 4.52. The van der Waals surface area contributed by atoms with Crippen LogP contribution in [-0.2, 0) is 9.47 Å². The number of hydrogen-bond donors (Lipinski definition) is 3. The number of nitrogens with one attached hydrogen (secondary N) is 2. The highest BCUT2D eigenvalue weighted by molar-refractivity contribution is 5.71. The normalized spacial score (nSPS) is 12.0. The molecule has 7 nitrogen and oxygen atoms in total. The Kier molecular flexibility index (Phi) is 5.41. The molecule has 0 rings (SSSR count). The number of amides is 2. The van der Waals surface area contributed by atoms with Gasteiger partial charge in [-0.1, -0.05) is 0 Å². The van der Waals surface area contributed by atoms with Gasteiger partial charge >= 0.3 is 12.2 Å². The van der Waals surface area contributed by atoms with Crippen LogP contribution in [-0.4, -0.2) is 29.7 Å². The highest BCUT2D eigenvalue weighted by Crippen LogP contribution is 2.07. The van der Waals surface area contributed by atoms with Crippen molar-refractivity contribution in [2.24, 2.45) is 5.73 Å². The zero-order valence-corrected chi connectivity index (χ0v) is 11.8. The third-order valence-corrected chi connectivity index (χ3v) is 1.34. The summed E-state index contributed by atoms with van der Waals surface area (Å²) in [5.41, 5.74) is 4.23. The van der Waals surface area contributed by atoms with E-state index in [4.69, 9.17) is 15.2 Å². The van der Waals surface area contributed by atoms with Crippen LogP contribution < -0.4 is 16.4 Å². The van der Waals surface area contributed by atoms with Crippen molar-refractivity contribution in [3.63, 3.8) is 0 Å². The van der Waals surface area contributed by atoms with Crippen LogP contribution in [0, 0.1) is 0 Å². The summed E-state index contributed by atoms with van der Waals surface area (Å²) in [6.45, 7) is 10.3. The van der Waals surface area contributed by atoms with Gasteiger partial charge in [-0.2, -0.15) is 0 Å². The Morgan fingerprint density at radius 3 is 1.39 bits per heavy atom. The predicted molar refractivity (Wildman–Crippen MR) is 66.7 cm³/mol. The summed E-state index contributed by atoms with van der Waals surface area (Å²) in [5.74, 6) is 0. The van der Waals surface area contributed by atoms with Crippen LogP contribution in [0.15, 0.2) is 0 Å². The van der Waals surface area contributed by atoms with Gasteiger partial charge in [0.15, 0.2) is 6.29 Å². The van der Waals surface area contributed by atoms with Crippen molar-refractivity contribution in [3.05, 3.63) is 0 Å². The van der Waals surface area contributed by atoms with Crippen molar-refractivity contribution >= 4 is 12.2 Å². The van der Waals surface area contributed by atoms with Gasteiger partial charge in [-0.05, 0) is 41.5 Å². The minimum atomic E-state index is -1.07. The van der Waals surface area contributed by atoms with E-state index in [1.54, 1.807) is 41.5 Å². The van der Waals surface area contributed by atoms with Gasteiger partial charge in [-0.3, -0.25) is 16.4 Å². The number of carbonyl (C=O) groups is 2. The van der Waals surface area contributed by atoms with E-state index in [2.05, 4.69) is 10.6 Å². The highest BCUT2D eigenvalue weighted by atomic mass is 16.6. The van der Waals surface area contributed by atoms with Gasteiger partial charge in [0.1, 0.15) is 11.2 Å². The standard InChI is InChI=1S/C11H23N3O4/c1-10(2,3)17-8(15)13-7(12)14-9(16)18-11(4,5)6/h7H,12H2,1-6H3,(H,13,15)(H,14,16). The Hall–Kier alpha value is -1.50. The Labute approximate surface area is 107 Å². The molecule has 0 aromatic carbocycles. The molecule has 0 heterocycles. The second-order valence-electron chi connectivity index (χ2n) is 5.77. The Bertz CT molecular complexity index is 274. The van der Waals surface area contributed by atoms with Crippen LogP contribution in [0.5, 0.6) is 0 Å². The van der Waals surface area contributed by atoms with E-state index >= 15 is 0 Å². The molecule has 0 atom stereocenters. The maximum Gasteiger partial charge on any atom is 0.410 e. The molecule has 18 heavy (non-hydrogen) atoms. The molecule has 7 heteroatoms. The Morgan fingerprint density at radius 2 is 1.17 bits per heavy atom. The average molecular weight is 261 g/mol. The molecule has 106 valence electrons. The lowest BCUT2D eigenvalue weighted by Crippen LogP contribution is -2.55. The minimum Gasteiger partial charge on any atom is -0.444 e. The first-order valence-corrected chi connectivity index (χ1v) is 5.64. The molecule has 0 aliphatic rings. The number of ether oxygens (including phenoxy) is 2. The molecule has 0 fully saturated rings. The maximum absolute atomic E-state index is 11.3. The van der Waals surface area contributed by atoms with Crippen LogP contribution in [0.3, 0.4) is 0 Å². The second-order valence-corrected chi connectivity index (χ2v) is 5.77. The Morgan fingerprint density at radius 1 is 0.889 bits per heavy atom. The summed E-state index contributed by atoms with van der Waals surface area (Å²) in [6.07, 6.45) is -2.51. The lowest BCUT2D eigenvalue weighted by molar-refractivity contribution is 0.0429. The fourth-order valence-corrected chi connectivity index (χ4v) is 0.905. The predicted octanol–water partition coefficient (Wildman–Crippen LogP) is 1.28. The molecule has 0 bridgehead atoms. The summed E-state index contributed by atoms with van der Waals surface area (Å²) < 4.78 is 9.94. The van der Waals surface area contributed by atoms with Gasteiger partial charge in [-0.25, -0.2) is 9.59 Å². The molecular formula is C11H23N3O4. The minimum absolute atomic E-state index is 0.629. The van der Waals surface area contributed by atoms with E-state index in [1.165, 1.54) is 0 Å². The van der Waals surface area contributed by atoms with Crippen molar-refractivity contribution in [1.82, 2.24) is 10.6 Å². The van der Waals surface area contributed by atoms with Gasteiger partial charge in [0.05, 0.1) is 0 Å².